The van der Waals surface area contributed by atoms with Crippen molar-refractivity contribution in [3.8, 4) is 5.75 Å². The molecule has 6 N–H and O–H groups in total. The van der Waals surface area contributed by atoms with E-state index < -0.39 is 88.1 Å². The van der Waals surface area contributed by atoms with Gasteiger partial charge in [-0.2, -0.15) is 0 Å². The highest BCUT2D eigenvalue weighted by molar-refractivity contribution is 6.25. The molecule has 1 aromatic carbocycles. The molecule has 272 valence electrons. The average molecular weight is 699 g/mol. The number of likely N-dealkylation sites (N-methyl/N-ethyl adjacent to an activating group) is 1. The molecule has 4 rings (SSSR count). The summed E-state index contributed by atoms with van der Waals surface area (Å²) in [6.07, 6.45) is -0.821. The van der Waals surface area contributed by atoms with Crippen LogP contribution in [0.2, 0.25) is 0 Å². The number of allylic oxidation sites excluding steroid dienone is 1. The molecule has 15 nitrogen and oxygen atoms in total. The molecule has 50 heavy (non-hydrogen) atoms. The molecule has 0 fully saturated rings. The third-order valence-electron chi connectivity index (χ3n) is 9.27. The maximum atomic E-state index is 14.4. The summed E-state index contributed by atoms with van der Waals surface area (Å²) in [5.74, 6) is -8.26. The summed E-state index contributed by atoms with van der Waals surface area (Å²) in [5, 5.41) is 46.3. The van der Waals surface area contributed by atoms with Crippen molar-refractivity contribution in [3.63, 3.8) is 0 Å². The molecule has 0 unspecified atom stereocenters. The largest absolute Gasteiger partial charge is 0.510 e. The van der Waals surface area contributed by atoms with Gasteiger partial charge in [0.1, 0.15) is 22.8 Å². The Kier molecular flexibility index (Phi) is 10.2. The molecule has 0 bridgehead atoms. The molecule has 4 atom stereocenters. The first-order valence-electron chi connectivity index (χ1n) is 16.0. The fourth-order valence-electron chi connectivity index (χ4n) is 7.18. The third-order valence-corrected chi connectivity index (χ3v) is 9.27. The highest BCUT2D eigenvalue weighted by atomic mass is 16.7. The number of esters is 1. The Labute approximate surface area is 290 Å². The number of phenols is 1. The van der Waals surface area contributed by atoms with Crippen molar-refractivity contribution < 1.29 is 53.9 Å². The number of aliphatic hydroxyl groups excluding tert-OH is 2. The number of hydrogen-bond acceptors (Lipinski definition) is 13. The number of rotatable bonds is 9. The first kappa shape index (κ1) is 37.9. The number of carbonyl (C=O) groups excluding carboxylic acids is 5. The predicted octanol–water partition coefficient (Wildman–Crippen LogP) is 2.25. The van der Waals surface area contributed by atoms with E-state index in [0.717, 1.165) is 0 Å². The quantitative estimate of drug-likeness (QED) is 0.108. The van der Waals surface area contributed by atoms with Gasteiger partial charge in [0.05, 0.1) is 18.2 Å². The van der Waals surface area contributed by atoms with Crippen molar-refractivity contribution in [2.24, 2.45) is 23.0 Å². The minimum absolute atomic E-state index is 0.0533. The fraction of sp³-hybridized carbons (Fsp3) is 0.514. The van der Waals surface area contributed by atoms with E-state index in [1.54, 1.807) is 39.2 Å². The summed E-state index contributed by atoms with van der Waals surface area (Å²) < 4.78 is 10.1. The van der Waals surface area contributed by atoms with E-state index in [1.807, 2.05) is 20.8 Å². The molecule has 0 saturated carbocycles. The van der Waals surface area contributed by atoms with Crippen LogP contribution in [0.25, 0.3) is 0 Å². The van der Waals surface area contributed by atoms with Crippen LogP contribution in [-0.2, 0) is 36.8 Å². The van der Waals surface area contributed by atoms with Crippen molar-refractivity contribution in [1.29, 1.82) is 0 Å². The Hall–Kier alpha value is -4.89. The summed E-state index contributed by atoms with van der Waals surface area (Å²) in [4.78, 5) is 69.8. The van der Waals surface area contributed by atoms with Crippen LogP contribution in [0, 0.1) is 17.3 Å². The summed E-state index contributed by atoms with van der Waals surface area (Å²) in [6.45, 7) is 9.74. The molecule has 0 spiro atoms. The molecule has 2 amide bonds. The summed E-state index contributed by atoms with van der Waals surface area (Å²) in [6, 6.07) is 0.530. The zero-order chi connectivity index (χ0) is 37.8. The number of benzene rings is 1. The lowest BCUT2D eigenvalue weighted by molar-refractivity contribution is -0.149. The van der Waals surface area contributed by atoms with Gasteiger partial charge in [0.25, 0.3) is 5.91 Å². The van der Waals surface area contributed by atoms with Crippen molar-refractivity contribution in [1.82, 2.24) is 9.80 Å². The third kappa shape index (κ3) is 6.54. The molecular weight excluding hydrogens is 652 g/mol. The predicted molar refractivity (Wildman–Crippen MR) is 180 cm³/mol. The number of anilines is 1. The first-order chi connectivity index (χ1) is 23.0. The van der Waals surface area contributed by atoms with Gasteiger partial charge >= 0.3 is 12.1 Å². The van der Waals surface area contributed by atoms with Gasteiger partial charge in [-0.05, 0) is 56.8 Å². The molecule has 3 aliphatic rings. The van der Waals surface area contributed by atoms with Crippen LogP contribution >= 0.6 is 0 Å². The molecule has 0 aromatic heterocycles. The Morgan fingerprint density at radius 3 is 2.22 bits per heavy atom. The number of hydrogen-bond donors (Lipinski definition) is 5. The van der Waals surface area contributed by atoms with Crippen LogP contribution in [0.1, 0.15) is 55.6 Å². The minimum atomic E-state index is -2.77. The number of phenolic OH excluding ortho intramolecular Hbond substituents is 1. The number of aromatic hydroxyl groups is 1. The van der Waals surface area contributed by atoms with E-state index in [-0.39, 0.29) is 48.2 Å². The van der Waals surface area contributed by atoms with Gasteiger partial charge in [-0.3, -0.25) is 19.3 Å². The van der Waals surface area contributed by atoms with Crippen LogP contribution in [0.4, 0.5) is 10.5 Å². The van der Waals surface area contributed by atoms with E-state index in [4.69, 9.17) is 15.2 Å². The maximum Gasteiger partial charge on any atom is 0.412 e. The lowest BCUT2D eigenvalue weighted by Gasteiger charge is -2.50. The number of primary amides is 1. The number of nitrogens with zero attached hydrogens (tertiary/aromatic N) is 3. The zero-order valence-corrected chi connectivity index (χ0v) is 29.6. The Bertz CT molecular complexity index is 1740. The van der Waals surface area contributed by atoms with Gasteiger partial charge < -0.3 is 45.4 Å². The average Bonchev–Trinajstić information content (AvgIpc) is 2.98. The second-order valence-electron chi connectivity index (χ2n) is 14.8. The van der Waals surface area contributed by atoms with E-state index in [9.17, 15) is 44.4 Å². The van der Waals surface area contributed by atoms with Crippen molar-refractivity contribution in [3.05, 3.63) is 57.6 Å². The van der Waals surface area contributed by atoms with E-state index in [0.29, 0.717) is 11.3 Å². The van der Waals surface area contributed by atoms with Gasteiger partial charge in [0.2, 0.25) is 12.6 Å². The number of fused-ring (bicyclic) bond motifs is 3. The molecular formula is C35H46N4O11. The number of carbonyl (C=O) groups is 5. The molecule has 15 heteroatoms. The zero-order valence-electron chi connectivity index (χ0n) is 29.6. The van der Waals surface area contributed by atoms with Crippen LogP contribution in [0.15, 0.2) is 40.9 Å². The monoisotopic (exact) mass is 698 g/mol. The van der Waals surface area contributed by atoms with Crippen molar-refractivity contribution in [2.75, 3.05) is 46.4 Å². The highest BCUT2D eigenvalue weighted by Crippen LogP contribution is 2.53. The second kappa shape index (κ2) is 13.4. The summed E-state index contributed by atoms with van der Waals surface area (Å²) in [7, 11) is 6.59. The SMILES string of the molecule is C=C(C)C(=O)OCOC(=O)N(Cc1cc(N(C)C)c2c(c1O)C(=O)C1=C(O)[C@]3(O)C(=O)C(C(N)=O)=C(O)[C@@H](N(C)C)[C@@H]3C[C@@H]1C2)CC(C)(C)C. The van der Waals surface area contributed by atoms with Crippen LogP contribution < -0.4 is 10.6 Å². The van der Waals surface area contributed by atoms with E-state index >= 15 is 0 Å². The Morgan fingerprint density at radius 1 is 1.08 bits per heavy atom. The van der Waals surface area contributed by atoms with E-state index in [2.05, 4.69) is 6.58 Å². The topological polar surface area (TPSA) is 220 Å². The van der Waals surface area contributed by atoms with Crippen LogP contribution in [-0.4, -0.2) is 113 Å². The van der Waals surface area contributed by atoms with Crippen molar-refractivity contribution >= 4 is 35.2 Å². The molecule has 0 heterocycles. The highest BCUT2D eigenvalue weighted by Gasteiger charge is 2.63. The van der Waals surface area contributed by atoms with Gasteiger partial charge in [0.15, 0.2) is 11.4 Å². The lowest BCUT2D eigenvalue weighted by Crippen LogP contribution is -2.63. The van der Waals surface area contributed by atoms with Crippen molar-refractivity contribution in [2.45, 2.75) is 58.7 Å². The number of nitrogens with two attached hydrogens (primary N) is 1. The summed E-state index contributed by atoms with van der Waals surface area (Å²) >= 11 is 0. The number of amides is 2. The standard InChI is InChI=1S/C35H46N4O11/c1-16(2)32(46)49-15-50-33(47)39(14-34(3,4)5)13-18-12-21(37(6)7)19-10-17-11-20-25(38(8)9)28(42)24(31(36)45)30(44)35(20,48)29(43)22(17)27(41)23(19)26(18)40/h12,17,20,25,40,42-43,48H,1,10-11,13-15H2,2-9H3,(H2,36,45)/t17-,20-,25-,35-/m0/s1. The van der Waals surface area contributed by atoms with Crippen LogP contribution in [0.5, 0.6) is 5.75 Å². The number of ketones is 2. The Balaban J connectivity index is 1.83. The molecule has 0 saturated heterocycles. The second-order valence-corrected chi connectivity index (χ2v) is 14.8. The summed E-state index contributed by atoms with van der Waals surface area (Å²) in [5.41, 5.74) is 2.04. The molecule has 1 aromatic rings. The fourth-order valence-corrected chi connectivity index (χ4v) is 7.18. The van der Waals surface area contributed by atoms with Gasteiger partial charge in [-0.15, -0.1) is 0 Å². The van der Waals surface area contributed by atoms with E-state index in [1.165, 1.54) is 16.7 Å². The molecule has 3 aliphatic carbocycles. The van der Waals surface area contributed by atoms with Gasteiger partial charge in [-0.25, -0.2) is 9.59 Å². The number of Topliss-reactive ketones (excluding diaryl/α,β-unsaturated/α-hetero) is 2. The smallest absolute Gasteiger partial charge is 0.412 e. The number of ether oxygens (including phenoxy) is 2. The first-order valence-corrected chi connectivity index (χ1v) is 16.0. The lowest BCUT2D eigenvalue weighted by atomic mass is 9.58. The minimum Gasteiger partial charge on any atom is -0.510 e. The normalized spacial score (nSPS) is 23.2. The molecule has 0 aliphatic heterocycles. The maximum absolute atomic E-state index is 14.4. The number of aliphatic hydroxyl groups is 3. The van der Waals surface area contributed by atoms with Gasteiger partial charge in [-0.1, -0.05) is 27.4 Å². The Morgan fingerprint density at radius 2 is 1.70 bits per heavy atom. The van der Waals surface area contributed by atoms with Crippen LogP contribution in [0.3, 0.4) is 0 Å². The molecule has 0 radical (unpaired) electrons. The van der Waals surface area contributed by atoms with Gasteiger partial charge in [0, 0.05) is 49.0 Å².